The zero-order chi connectivity index (χ0) is 20.2. The maximum absolute atomic E-state index is 12.1. The summed E-state index contributed by atoms with van der Waals surface area (Å²) >= 11 is 0. The van der Waals surface area contributed by atoms with Gasteiger partial charge in [-0.15, -0.1) is 24.0 Å². The predicted octanol–water partition coefficient (Wildman–Crippen LogP) is 3.56. The zero-order valence-corrected chi connectivity index (χ0v) is 20.5. The summed E-state index contributed by atoms with van der Waals surface area (Å²) in [5.74, 6) is 2.39. The molecule has 0 atom stereocenters. The third-order valence-corrected chi connectivity index (χ3v) is 5.28. The number of aromatic nitrogens is 1. The smallest absolute Gasteiger partial charge is 0.220 e. The first-order valence-corrected chi connectivity index (χ1v) is 10.9. The van der Waals surface area contributed by atoms with Gasteiger partial charge in [0.05, 0.1) is 12.2 Å². The summed E-state index contributed by atoms with van der Waals surface area (Å²) in [6.45, 7) is 8.74. The van der Waals surface area contributed by atoms with E-state index >= 15 is 0 Å². The van der Waals surface area contributed by atoms with Crippen LogP contribution in [0.2, 0.25) is 0 Å². The Morgan fingerprint density at radius 2 is 1.79 bits per heavy atom. The number of halogens is 1. The number of carbonyl (C=O) groups is 1. The molecule has 1 heterocycles. The Bertz CT molecular complexity index is 605. The molecular formula is C21H38IN5O2. The zero-order valence-electron chi connectivity index (χ0n) is 18.2. The van der Waals surface area contributed by atoms with E-state index in [1.807, 2.05) is 6.92 Å². The summed E-state index contributed by atoms with van der Waals surface area (Å²) < 4.78 is 5.41. The minimum atomic E-state index is 0. The highest BCUT2D eigenvalue weighted by Gasteiger charge is 2.16. The monoisotopic (exact) mass is 519 g/mol. The van der Waals surface area contributed by atoms with E-state index in [1.165, 1.54) is 32.1 Å². The highest BCUT2D eigenvalue weighted by Crippen LogP contribution is 2.25. The fourth-order valence-electron chi connectivity index (χ4n) is 3.72. The van der Waals surface area contributed by atoms with E-state index in [1.54, 1.807) is 0 Å². The van der Waals surface area contributed by atoms with Crippen molar-refractivity contribution in [2.24, 2.45) is 10.9 Å². The lowest BCUT2D eigenvalue weighted by atomic mass is 9.87. The molecule has 0 spiro atoms. The Hall–Kier alpha value is -1.32. The van der Waals surface area contributed by atoms with Crippen LogP contribution in [-0.4, -0.2) is 36.7 Å². The molecule has 1 aliphatic rings. The minimum Gasteiger partial charge on any atom is -0.361 e. The molecule has 7 nitrogen and oxygen atoms in total. The lowest BCUT2D eigenvalue weighted by Crippen LogP contribution is -2.41. The van der Waals surface area contributed by atoms with E-state index < -0.39 is 0 Å². The van der Waals surface area contributed by atoms with E-state index in [0.29, 0.717) is 32.0 Å². The number of guanidine groups is 1. The van der Waals surface area contributed by atoms with E-state index in [9.17, 15) is 4.79 Å². The molecule has 0 unspecified atom stereocenters. The Labute approximate surface area is 192 Å². The number of carbonyl (C=O) groups excluding carboxylic acids is 1. The molecule has 166 valence electrons. The van der Waals surface area contributed by atoms with Gasteiger partial charge in [-0.3, -0.25) is 4.79 Å². The summed E-state index contributed by atoms with van der Waals surface area (Å²) in [6.07, 6.45) is 8.59. The molecule has 1 saturated carbocycles. The number of nitrogens with zero attached hydrogens (tertiary/aromatic N) is 2. The van der Waals surface area contributed by atoms with Crippen LogP contribution in [0.5, 0.6) is 0 Å². The molecule has 3 N–H and O–H groups in total. The first-order valence-electron chi connectivity index (χ1n) is 10.9. The van der Waals surface area contributed by atoms with Crippen molar-refractivity contribution >= 4 is 35.8 Å². The van der Waals surface area contributed by atoms with E-state index in [-0.39, 0.29) is 29.9 Å². The van der Waals surface area contributed by atoms with Crippen molar-refractivity contribution in [1.29, 1.82) is 0 Å². The van der Waals surface area contributed by atoms with Crippen molar-refractivity contribution in [2.75, 3.05) is 19.6 Å². The molecule has 29 heavy (non-hydrogen) atoms. The number of rotatable bonds is 10. The second kappa shape index (κ2) is 14.6. The molecule has 0 bridgehead atoms. The molecule has 0 saturated heterocycles. The highest BCUT2D eigenvalue weighted by atomic mass is 127. The minimum absolute atomic E-state index is 0. The maximum atomic E-state index is 12.1. The number of aliphatic imine (C=N–C) groups is 1. The maximum Gasteiger partial charge on any atom is 0.220 e. The van der Waals surface area contributed by atoms with Gasteiger partial charge < -0.3 is 20.5 Å². The summed E-state index contributed by atoms with van der Waals surface area (Å²) in [5.41, 5.74) is 2.06. The van der Waals surface area contributed by atoms with Crippen LogP contribution in [0, 0.1) is 5.92 Å². The van der Waals surface area contributed by atoms with Crippen LogP contribution >= 0.6 is 24.0 Å². The van der Waals surface area contributed by atoms with Crippen LogP contribution in [-0.2, 0) is 24.2 Å². The lowest BCUT2D eigenvalue weighted by molar-refractivity contribution is -0.122. The van der Waals surface area contributed by atoms with Crippen LogP contribution in [0.25, 0.3) is 0 Å². The first-order chi connectivity index (χ1) is 13.7. The molecule has 0 aromatic carbocycles. The molecule has 2 rings (SSSR count). The van der Waals surface area contributed by atoms with Gasteiger partial charge in [0, 0.05) is 38.0 Å². The van der Waals surface area contributed by atoms with Crippen molar-refractivity contribution in [1.82, 2.24) is 21.1 Å². The van der Waals surface area contributed by atoms with E-state index in [4.69, 9.17) is 4.52 Å². The summed E-state index contributed by atoms with van der Waals surface area (Å²) in [6, 6.07) is 0. The van der Waals surface area contributed by atoms with Crippen LogP contribution in [0.15, 0.2) is 9.52 Å². The molecule has 1 aromatic rings. The molecule has 1 fully saturated rings. The van der Waals surface area contributed by atoms with Crippen molar-refractivity contribution in [3.8, 4) is 0 Å². The molecule has 8 heteroatoms. The SMILES string of the molecule is CCNC(=NCc1c(CC)noc1CC)NCCNC(=O)CC1CCCCC1.I. The van der Waals surface area contributed by atoms with Gasteiger partial charge >= 0.3 is 0 Å². The Morgan fingerprint density at radius 1 is 1.07 bits per heavy atom. The predicted molar refractivity (Wildman–Crippen MR) is 128 cm³/mol. The van der Waals surface area contributed by atoms with Gasteiger partial charge in [-0.1, -0.05) is 38.3 Å². The van der Waals surface area contributed by atoms with Gasteiger partial charge in [-0.25, -0.2) is 4.99 Å². The number of aryl methyl sites for hydroxylation is 2. The number of hydrogen-bond acceptors (Lipinski definition) is 4. The second-order valence-corrected chi connectivity index (χ2v) is 7.42. The quantitative estimate of drug-likeness (QED) is 0.190. The largest absolute Gasteiger partial charge is 0.361 e. The van der Waals surface area contributed by atoms with E-state index in [0.717, 1.165) is 42.4 Å². The van der Waals surface area contributed by atoms with Gasteiger partial charge in [-0.05, 0) is 32.1 Å². The molecular weight excluding hydrogens is 481 g/mol. The van der Waals surface area contributed by atoms with Crippen molar-refractivity contribution in [2.45, 2.75) is 78.7 Å². The number of hydrogen-bond donors (Lipinski definition) is 3. The van der Waals surface area contributed by atoms with Gasteiger partial charge in [0.15, 0.2) is 5.96 Å². The first kappa shape index (κ1) is 25.7. The van der Waals surface area contributed by atoms with Crippen LogP contribution in [0.4, 0.5) is 0 Å². The highest BCUT2D eigenvalue weighted by molar-refractivity contribution is 14.0. The van der Waals surface area contributed by atoms with Crippen LogP contribution in [0.3, 0.4) is 0 Å². The number of amides is 1. The van der Waals surface area contributed by atoms with Gasteiger partial charge in [0.25, 0.3) is 0 Å². The molecule has 1 aliphatic carbocycles. The fraction of sp³-hybridized carbons (Fsp3) is 0.762. The fourth-order valence-corrected chi connectivity index (χ4v) is 3.72. The average molecular weight is 519 g/mol. The van der Waals surface area contributed by atoms with Gasteiger partial charge in [-0.2, -0.15) is 0 Å². The summed E-state index contributed by atoms with van der Waals surface area (Å²) in [4.78, 5) is 16.8. The molecule has 1 aromatic heterocycles. The third kappa shape index (κ3) is 8.92. The molecule has 0 radical (unpaired) electrons. The topological polar surface area (TPSA) is 91.6 Å². The standard InChI is InChI=1S/C21H37N5O2.HI/c1-4-18-17(19(5-2)28-26-18)15-25-21(22-6-3)24-13-12-23-20(27)14-16-10-8-7-9-11-16;/h16H,4-15H2,1-3H3,(H,23,27)(H2,22,24,25);1H. The Morgan fingerprint density at radius 3 is 2.45 bits per heavy atom. The summed E-state index contributed by atoms with van der Waals surface area (Å²) in [5, 5.41) is 13.7. The van der Waals surface area contributed by atoms with Gasteiger partial charge in [0.2, 0.25) is 5.91 Å². The van der Waals surface area contributed by atoms with Crippen molar-refractivity contribution in [3.05, 3.63) is 17.0 Å². The Balaban J connectivity index is 0.00000420. The van der Waals surface area contributed by atoms with Gasteiger partial charge in [0.1, 0.15) is 5.76 Å². The second-order valence-electron chi connectivity index (χ2n) is 7.42. The lowest BCUT2D eigenvalue weighted by Gasteiger charge is -2.20. The van der Waals surface area contributed by atoms with E-state index in [2.05, 4.69) is 39.9 Å². The molecule has 0 aliphatic heterocycles. The Kier molecular flexibility index (Phi) is 13.0. The average Bonchev–Trinajstić information content (AvgIpc) is 3.12. The number of nitrogens with one attached hydrogen (secondary N) is 3. The third-order valence-electron chi connectivity index (χ3n) is 5.28. The van der Waals surface area contributed by atoms with Crippen molar-refractivity contribution < 1.29 is 9.32 Å². The normalized spacial score (nSPS) is 14.9. The molecule has 1 amide bonds. The van der Waals surface area contributed by atoms with Crippen LogP contribution in [0.1, 0.15) is 76.3 Å². The van der Waals surface area contributed by atoms with Crippen molar-refractivity contribution in [3.63, 3.8) is 0 Å². The van der Waals surface area contributed by atoms with Crippen LogP contribution < -0.4 is 16.0 Å². The summed E-state index contributed by atoms with van der Waals surface area (Å²) in [7, 11) is 0.